The molecule has 3 atom stereocenters. The molecule has 180 valence electrons. The summed E-state index contributed by atoms with van der Waals surface area (Å²) < 4.78 is 5.51. The number of benzene rings is 1. The molecule has 1 heterocycles. The maximum absolute atomic E-state index is 12.5. The summed E-state index contributed by atoms with van der Waals surface area (Å²) in [7, 11) is 1.86. The van der Waals surface area contributed by atoms with Crippen LogP contribution in [0.1, 0.15) is 45.1 Å². The van der Waals surface area contributed by atoms with E-state index in [2.05, 4.69) is 35.8 Å². The van der Waals surface area contributed by atoms with E-state index < -0.39 is 0 Å². The fraction of sp³-hybridized carbons (Fsp3) is 0.607. The monoisotopic (exact) mass is 451 g/mol. The summed E-state index contributed by atoms with van der Waals surface area (Å²) in [6, 6.07) is 9.88. The predicted molar refractivity (Wildman–Crippen MR) is 134 cm³/mol. The van der Waals surface area contributed by atoms with E-state index >= 15 is 0 Å². The largest absolute Gasteiger partial charge is 0.445 e. The van der Waals surface area contributed by atoms with Gasteiger partial charge in [0.2, 0.25) is 0 Å². The third kappa shape index (κ3) is 6.20. The SMILES string of the molecule is CCCN1CCN(C2=CC3CC(=C2)[C@H](C)C[C@H]3CCN(C)C(=O)OCc2ccccc2)CC1. The van der Waals surface area contributed by atoms with Crippen molar-refractivity contribution in [3.8, 4) is 0 Å². The molecule has 0 radical (unpaired) electrons. The Bertz CT molecular complexity index is 842. The van der Waals surface area contributed by atoms with Crippen LogP contribution in [0.3, 0.4) is 0 Å². The second-order valence-electron chi connectivity index (χ2n) is 10.2. The van der Waals surface area contributed by atoms with Gasteiger partial charge in [0.05, 0.1) is 0 Å². The molecule has 0 spiro atoms. The summed E-state index contributed by atoms with van der Waals surface area (Å²) in [5.41, 5.74) is 4.10. The minimum absolute atomic E-state index is 0.229. The molecule has 0 N–H and O–H groups in total. The first-order valence-electron chi connectivity index (χ1n) is 12.8. The minimum atomic E-state index is -0.229. The molecule has 2 aliphatic carbocycles. The van der Waals surface area contributed by atoms with Crippen LogP contribution in [0.2, 0.25) is 0 Å². The predicted octanol–water partition coefficient (Wildman–Crippen LogP) is 5.16. The summed E-state index contributed by atoms with van der Waals surface area (Å²) in [5.74, 6) is 1.85. The summed E-state index contributed by atoms with van der Waals surface area (Å²) in [5, 5.41) is 0. The second-order valence-corrected chi connectivity index (χ2v) is 10.2. The van der Waals surface area contributed by atoms with E-state index in [0.29, 0.717) is 24.4 Å². The topological polar surface area (TPSA) is 36.0 Å². The lowest BCUT2D eigenvalue weighted by molar-refractivity contribution is 0.100. The first kappa shape index (κ1) is 23.9. The van der Waals surface area contributed by atoms with Crippen molar-refractivity contribution in [2.75, 3.05) is 46.3 Å². The number of ether oxygens (including phenoxy) is 1. The van der Waals surface area contributed by atoms with Crippen molar-refractivity contribution in [1.82, 2.24) is 14.7 Å². The number of rotatable bonds is 8. The molecule has 5 nitrogen and oxygen atoms in total. The van der Waals surface area contributed by atoms with Crippen LogP contribution in [0.15, 0.2) is 53.8 Å². The van der Waals surface area contributed by atoms with Crippen molar-refractivity contribution in [3.63, 3.8) is 0 Å². The molecule has 2 fully saturated rings. The Balaban J connectivity index is 1.30. The van der Waals surface area contributed by atoms with Crippen LogP contribution in [0.4, 0.5) is 4.79 Å². The van der Waals surface area contributed by atoms with E-state index in [4.69, 9.17) is 4.74 Å². The van der Waals surface area contributed by atoms with Gasteiger partial charge in [-0.1, -0.05) is 55.8 Å². The molecule has 1 saturated heterocycles. The standard InChI is InChI=1S/C28H41N3O2/c1-4-11-30-13-15-31(16-14-30)27-19-25-18-26(20-27)24(17-22(25)2)10-12-29(3)28(32)33-21-23-8-6-5-7-9-23/h5-9,19-20,22,24,26H,4,10-18,21H2,1-3H3/t22-,24-,26?/m1/s1. The summed E-state index contributed by atoms with van der Waals surface area (Å²) in [6.07, 6.45) is 9.48. The van der Waals surface area contributed by atoms with Gasteiger partial charge in [0, 0.05) is 45.5 Å². The van der Waals surface area contributed by atoms with Crippen LogP contribution in [-0.2, 0) is 11.3 Å². The zero-order valence-electron chi connectivity index (χ0n) is 20.7. The summed E-state index contributed by atoms with van der Waals surface area (Å²) in [6.45, 7) is 11.6. The van der Waals surface area contributed by atoms with Gasteiger partial charge in [-0.2, -0.15) is 0 Å². The number of allylic oxidation sites excluding steroid dienone is 3. The molecule has 33 heavy (non-hydrogen) atoms. The molecule has 5 heteroatoms. The number of carbonyl (C=O) groups is 1. The summed E-state index contributed by atoms with van der Waals surface area (Å²) in [4.78, 5) is 19.4. The van der Waals surface area contributed by atoms with Gasteiger partial charge in [-0.25, -0.2) is 4.79 Å². The van der Waals surface area contributed by atoms with Gasteiger partial charge >= 0.3 is 6.09 Å². The van der Waals surface area contributed by atoms with Crippen LogP contribution in [0, 0.1) is 17.8 Å². The molecule has 1 saturated carbocycles. The van der Waals surface area contributed by atoms with Gasteiger partial charge in [-0.3, -0.25) is 4.90 Å². The van der Waals surface area contributed by atoms with Crippen LogP contribution in [0.25, 0.3) is 0 Å². The van der Waals surface area contributed by atoms with E-state index in [9.17, 15) is 4.79 Å². The average Bonchev–Trinajstić information content (AvgIpc) is 2.85. The molecule has 1 amide bonds. The summed E-state index contributed by atoms with van der Waals surface area (Å²) >= 11 is 0. The van der Waals surface area contributed by atoms with Crippen LogP contribution in [0.5, 0.6) is 0 Å². The highest BCUT2D eigenvalue weighted by atomic mass is 16.6. The third-order valence-electron chi connectivity index (χ3n) is 7.71. The molecule has 4 rings (SSSR count). The van der Waals surface area contributed by atoms with Crippen molar-refractivity contribution in [2.45, 2.75) is 46.1 Å². The Morgan fingerprint density at radius 2 is 1.91 bits per heavy atom. The Hall–Kier alpha value is -2.27. The van der Waals surface area contributed by atoms with Gasteiger partial charge < -0.3 is 14.5 Å². The van der Waals surface area contributed by atoms with Gasteiger partial charge in [-0.15, -0.1) is 0 Å². The van der Waals surface area contributed by atoms with E-state index in [0.717, 1.165) is 31.6 Å². The quantitative estimate of drug-likeness (QED) is 0.547. The Labute approximate surface area is 200 Å². The van der Waals surface area contributed by atoms with Crippen LogP contribution >= 0.6 is 0 Å². The number of fused-ring (bicyclic) bond motifs is 2. The van der Waals surface area contributed by atoms with E-state index in [-0.39, 0.29) is 6.09 Å². The first-order valence-corrected chi connectivity index (χ1v) is 12.8. The lowest BCUT2D eigenvalue weighted by Crippen LogP contribution is -2.46. The maximum Gasteiger partial charge on any atom is 0.409 e. The van der Waals surface area contributed by atoms with E-state index in [1.54, 1.807) is 10.5 Å². The zero-order chi connectivity index (χ0) is 23.2. The average molecular weight is 452 g/mol. The van der Waals surface area contributed by atoms with Gasteiger partial charge in [0.25, 0.3) is 0 Å². The number of hydrogen-bond acceptors (Lipinski definition) is 4. The number of nitrogens with zero attached hydrogens (tertiary/aromatic N) is 3. The smallest absolute Gasteiger partial charge is 0.409 e. The highest BCUT2D eigenvalue weighted by Crippen LogP contribution is 2.44. The van der Waals surface area contributed by atoms with E-state index in [1.165, 1.54) is 44.6 Å². The molecule has 1 unspecified atom stereocenters. The molecular formula is C28H41N3O2. The van der Waals surface area contributed by atoms with Crippen LogP contribution < -0.4 is 0 Å². The van der Waals surface area contributed by atoms with Crippen molar-refractivity contribution >= 4 is 6.09 Å². The van der Waals surface area contributed by atoms with Crippen molar-refractivity contribution < 1.29 is 9.53 Å². The molecule has 1 aromatic carbocycles. The lowest BCUT2D eigenvalue weighted by atomic mass is 9.68. The van der Waals surface area contributed by atoms with Gasteiger partial charge in [-0.05, 0) is 61.6 Å². The van der Waals surface area contributed by atoms with Crippen molar-refractivity contribution in [1.29, 1.82) is 0 Å². The molecule has 1 aliphatic heterocycles. The third-order valence-corrected chi connectivity index (χ3v) is 7.71. The van der Waals surface area contributed by atoms with Crippen LogP contribution in [-0.4, -0.2) is 67.1 Å². The molecule has 1 aromatic rings. The minimum Gasteiger partial charge on any atom is -0.445 e. The fourth-order valence-corrected chi connectivity index (χ4v) is 5.63. The molecule has 0 aromatic heterocycles. The molecular weight excluding hydrogens is 410 g/mol. The van der Waals surface area contributed by atoms with Crippen molar-refractivity contribution in [2.24, 2.45) is 17.8 Å². The second kappa shape index (κ2) is 11.2. The maximum atomic E-state index is 12.5. The highest BCUT2D eigenvalue weighted by molar-refractivity contribution is 5.67. The fourth-order valence-electron chi connectivity index (χ4n) is 5.63. The lowest BCUT2D eigenvalue weighted by Gasteiger charge is -2.42. The zero-order valence-corrected chi connectivity index (χ0v) is 20.7. The van der Waals surface area contributed by atoms with Gasteiger partial charge in [0.15, 0.2) is 0 Å². The normalized spacial score (nSPS) is 25.3. The number of amides is 1. The van der Waals surface area contributed by atoms with Crippen molar-refractivity contribution in [3.05, 3.63) is 59.3 Å². The number of hydrogen-bond donors (Lipinski definition) is 0. The highest BCUT2D eigenvalue weighted by Gasteiger charge is 2.34. The molecule has 2 bridgehead atoms. The number of piperazine rings is 1. The Morgan fingerprint density at radius 3 is 2.64 bits per heavy atom. The Morgan fingerprint density at radius 1 is 1.15 bits per heavy atom. The Kier molecular flexibility index (Phi) is 8.13. The van der Waals surface area contributed by atoms with Gasteiger partial charge in [0.1, 0.15) is 6.61 Å². The number of carbonyl (C=O) groups excluding carboxylic acids is 1. The van der Waals surface area contributed by atoms with E-state index in [1.807, 2.05) is 37.4 Å². The molecule has 3 aliphatic rings. The first-order chi connectivity index (χ1) is 16.0.